The van der Waals surface area contributed by atoms with Crippen LogP contribution in [-0.2, 0) is 25.7 Å². The van der Waals surface area contributed by atoms with Gasteiger partial charge in [-0.2, -0.15) is 0 Å². The number of benzene rings is 2. The smallest absolute Gasteiger partial charge is 0.408 e. The Morgan fingerprint density at radius 1 is 0.966 bits per heavy atom. The van der Waals surface area contributed by atoms with Gasteiger partial charge < -0.3 is 20.1 Å². The molecule has 0 heterocycles. The van der Waals surface area contributed by atoms with Gasteiger partial charge in [-0.25, -0.2) is 14.0 Å². The number of carbonyl (C=O) groups is 3. The summed E-state index contributed by atoms with van der Waals surface area (Å²) in [6, 6.07) is 13.7. The number of amides is 2. The van der Waals surface area contributed by atoms with E-state index in [-0.39, 0.29) is 18.2 Å². The minimum atomic E-state index is -1.00. The zero-order valence-electron chi connectivity index (χ0n) is 16.2. The van der Waals surface area contributed by atoms with Crippen LogP contribution in [-0.4, -0.2) is 30.6 Å². The Balaban J connectivity index is 1.82. The van der Waals surface area contributed by atoms with Gasteiger partial charge in [-0.15, -0.1) is 0 Å². The summed E-state index contributed by atoms with van der Waals surface area (Å²) < 4.78 is 23.6. The van der Waals surface area contributed by atoms with Crippen LogP contribution in [0.25, 0.3) is 0 Å². The summed E-state index contributed by atoms with van der Waals surface area (Å²) in [5.74, 6) is -2.39. The van der Waals surface area contributed by atoms with Crippen molar-refractivity contribution in [1.82, 2.24) is 5.32 Å². The van der Waals surface area contributed by atoms with Gasteiger partial charge in [0.1, 0.15) is 18.5 Å². The number of ether oxygens (including phenoxy) is 2. The molecule has 8 heteroatoms. The molecular formula is C21H23FN2O5. The number of para-hydroxylation sites is 1. The molecule has 7 nitrogen and oxygen atoms in total. The molecule has 2 amide bonds. The molecule has 0 radical (unpaired) electrons. The van der Waals surface area contributed by atoms with Crippen molar-refractivity contribution in [2.24, 2.45) is 5.92 Å². The van der Waals surface area contributed by atoms with Gasteiger partial charge in [0.25, 0.3) is 5.91 Å². The number of rotatable bonds is 8. The second-order valence-electron chi connectivity index (χ2n) is 6.56. The van der Waals surface area contributed by atoms with Gasteiger partial charge in [-0.1, -0.05) is 56.3 Å². The molecule has 0 aliphatic carbocycles. The minimum Gasteiger partial charge on any atom is -0.454 e. The van der Waals surface area contributed by atoms with Crippen LogP contribution in [0.2, 0.25) is 0 Å². The highest BCUT2D eigenvalue weighted by Gasteiger charge is 2.27. The Kier molecular flexibility index (Phi) is 8.14. The van der Waals surface area contributed by atoms with Crippen molar-refractivity contribution in [1.29, 1.82) is 0 Å². The lowest BCUT2D eigenvalue weighted by molar-refractivity contribution is -0.150. The number of anilines is 1. The van der Waals surface area contributed by atoms with Crippen LogP contribution in [0.4, 0.5) is 14.9 Å². The number of hydrogen-bond donors (Lipinski definition) is 2. The summed E-state index contributed by atoms with van der Waals surface area (Å²) in [4.78, 5) is 36.1. The lowest BCUT2D eigenvalue weighted by Crippen LogP contribution is -2.46. The van der Waals surface area contributed by atoms with Gasteiger partial charge in [0.05, 0.1) is 5.69 Å². The lowest BCUT2D eigenvalue weighted by atomic mass is 10.1. The molecule has 0 unspecified atom stereocenters. The van der Waals surface area contributed by atoms with Crippen molar-refractivity contribution in [2.75, 3.05) is 11.9 Å². The van der Waals surface area contributed by atoms with E-state index in [9.17, 15) is 18.8 Å². The standard InChI is InChI=1S/C21H23FN2O5/c1-14(2)19(24-21(27)29-12-15-8-4-3-5-9-15)20(26)28-13-18(25)23-17-11-7-6-10-16(17)22/h3-11,14,19H,12-13H2,1-2H3,(H,23,25)(H,24,27)/t19-/m0/s1. The van der Waals surface area contributed by atoms with Crippen molar-refractivity contribution in [3.63, 3.8) is 0 Å². The Hall–Kier alpha value is -3.42. The van der Waals surface area contributed by atoms with Crippen LogP contribution >= 0.6 is 0 Å². The summed E-state index contributed by atoms with van der Waals surface area (Å²) in [5.41, 5.74) is 0.785. The number of hydrogen-bond acceptors (Lipinski definition) is 5. The minimum absolute atomic E-state index is 0.0171. The van der Waals surface area contributed by atoms with Gasteiger partial charge in [-0.05, 0) is 23.6 Å². The van der Waals surface area contributed by atoms with E-state index in [1.165, 1.54) is 18.2 Å². The monoisotopic (exact) mass is 402 g/mol. The Labute approximate surface area is 168 Å². The Bertz CT molecular complexity index is 842. The molecule has 154 valence electrons. The van der Waals surface area contributed by atoms with E-state index < -0.39 is 36.4 Å². The van der Waals surface area contributed by atoms with Crippen LogP contribution < -0.4 is 10.6 Å². The zero-order valence-corrected chi connectivity index (χ0v) is 16.2. The first-order valence-corrected chi connectivity index (χ1v) is 9.05. The van der Waals surface area contributed by atoms with Gasteiger partial charge in [0.2, 0.25) is 0 Å². The fourth-order valence-electron chi connectivity index (χ4n) is 2.36. The summed E-state index contributed by atoms with van der Waals surface area (Å²) in [7, 11) is 0. The molecule has 0 spiro atoms. The highest BCUT2D eigenvalue weighted by molar-refractivity contribution is 5.93. The fraction of sp³-hybridized carbons (Fsp3) is 0.286. The molecule has 0 bridgehead atoms. The van der Waals surface area contributed by atoms with Crippen molar-refractivity contribution in [3.8, 4) is 0 Å². The van der Waals surface area contributed by atoms with Gasteiger partial charge in [0.15, 0.2) is 6.61 Å². The van der Waals surface area contributed by atoms with Gasteiger partial charge in [0, 0.05) is 0 Å². The summed E-state index contributed by atoms with van der Waals surface area (Å²) >= 11 is 0. The maximum Gasteiger partial charge on any atom is 0.408 e. The molecule has 0 saturated carbocycles. The molecule has 0 saturated heterocycles. The third-order valence-electron chi connectivity index (χ3n) is 3.90. The molecule has 2 N–H and O–H groups in total. The molecule has 2 aromatic carbocycles. The first-order chi connectivity index (χ1) is 13.9. The first-order valence-electron chi connectivity index (χ1n) is 9.05. The second-order valence-corrected chi connectivity index (χ2v) is 6.56. The lowest BCUT2D eigenvalue weighted by Gasteiger charge is -2.20. The topological polar surface area (TPSA) is 93.7 Å². The normalized spacial score (nSPS) is 11.4. The number of alkyl carbamates (subject to hydrolysis) is 1. The van der Waals surface area contributed by atoms with Gasteiger partial charge in [-0.3, -0.25) is 4.79 Å². The third-order valence-corrected chi connectivity index (χ3v) is 3.90. The van der Waals surface area contributed by atoms with Crippen molar-refractivity contribution in [2.45, 2.75) is 26.5 Å². The molecule has 29 heavy (non-hydrogen) atoms. The molecule has 0 aromatic heterocycles. The maximum absolute atomic E-state index is 13.5. The molecular weight excluding hydrogens is 379 g/mol. The van der Waals surface area contributed by atoms with Crippen molar-refractivity contribution < 1.29 is 28.2 Å². The van der Waals surface area contributed by atoms with Crippen LogP contribution in [0.5, 0.6) is 0 Å². The van der Waals surface area contributed by atoms with E-state index >= 15 is 0 Å². The highest BCUT2D eigenvalue weighted by atomic mass is 19.1. The van der Waals surface area contributed by atoms with E-state index in [2.05, 4.69) is 10.6 Å². The van der Waals surface area contributed by atoms with Gasteiger partial charge >= 0.3 is 12.1 Å². The quantitative estimate of drug-likeness (QED) is 0.661. The number of halogens is 1. The van der Waals surface area contributed by atoms with E-state index in [0.29, 0.717) is 0 Å². The summed E-state index contributed by atoms with van der Waals surface area (Å²) in [6.45, 7) is 2.86. The summed E-state index contributed by atoms with van der Waals surface area (Å²) in [5, 5.41) is 4.75. The molecule has 2 aromatic rings. The highest BCUT2D eigenvalue weighted by Crippen LogP contribution is 2.12. The molecule has 0 aliphatic heterocycles. The maximum atomic E-state index is 13.5. The number of esters is 1. The van der Waals surface area contributed by atoms with Crippen molar-refractivity contribution >= 4 is 23.7 Å². The van der Waals surface area contributed by atoms with Crippen LogP contribution in [0.15, 0.2) is 54.6 Å². The Morgan fingerprint density at radius 3 is 2.28 bits per heavy atom. The first kappa shape index (κ1) is 21.9. The second kappa shape index (κ2) is 10.8. The fourth-order valence-corrected chi connectivity index (χ4v) is 2.36. The SMILES string of the molecule is CC(C)[C@H](NC(=O)OCc1ccccc1)C(=O)OCC(=O)Nc1ccccc1F. The largest absolute Gasteiger partial charge is 0.454 e. The average Bonchev–Trinajstić information content (AvgIpc) is 2.71. The molecule has 0 aliphatic rings. The van der Waals surface area contributed by atoms with E-state index in [4.69, 9.17) is 9.47 Å². The predicted molar refractivity (Wildman–Crippen MR) is 104 cm³/mol. The van der Waals surface area contributed by atoms with E-state index in [1.807, 2.05) is 18.2 Å². The van der Waals surface area contributed by atoms with Crippen LogP contribution in [0, 0.1) is 11.7 Å². The molecule has 0 fully saturated rings. The number of carbonyl (C=O) groups excluding carboxylic acids is 3. The summed E-state index contributed by atoms with van der Waals surface area (Å²) in [6.07, 6.45) is -0.777. The molecule has 1 atom stereocenters. The third kappa shape index (κ3) is 7.25. The average molecular weight is 402 g/mol. The Morgan fingerprint density at radius 2 is 1.62 bits per heavy atom. The zero-order chi connectivity index (χ0) is 21.2. The number of nitrogens with one attached hydrogen (secondary N) is 2. The van der Waals surface area contributed by atoms with E-state index in [1.54, 1.807) is 32.0 Å². The van der Waals surface area contributed by atoms with E-state index in [0.717, 1.165) is 5.56 Å². The van der Waals surface area contributed by atoms with Crippen molar-refractivity contribution in [3.05, 3.63) is 66.0 Å². The molecule has 2 rings (SSSR count). The predicted octanol–water partition coefficient (Wildman–Crippen LogP) is 3.26. The van der Waals surface area contributed by atoms with Crippen LogP contribution in [0.3, 0.4) is 0 Å². The van der Waals surface area contributed by atoms with Crippen LogP contribution in [0.1, 0.15) is 19.4 Å².